The van der Waals surface area contributed by atoms with Crippen LogP contribution in [0.2, 0.25) is 0 Å². The predicted octanol–water partition coefficient (Wildman–Crippen LogP) is 2.87. The van der Waals surface area contributed by atoms with Crippen molar-refractivity contribution in [2.45, 2.75) is 33.5 Å². The summed E-state index contributed by atoms with van der Waals surface area (Å²) < 4.78 is 10.9. The molecule has 0 atom stereocenters. The highest BCUT2D eigenvalue weighted by atomic mass is 32.1. The highest BCUT2D eigenvalue weighted by Gasteiger charge is 2.03. The van der Waals surface area contributed by atoms with Crippen LogP contribution in [-0.4, -0.2) is 37.8 Å². The molecule has 0 unspecified atom stereocenters. The van der Waals surface area contributed by atoms with E-state index < -0.39 is 0 Å². The molecule has 2 aromatic rings. The molecule has 1 aromatic heterocycles. The zero-order valence-electron chi connectivity index (χ0n) is 15.7. The van der Waals surface area contributed by atoms with Gasteiger partial charge in [0.15, 0.2) is 5.96 Å². The van der Waals surface area contributed by atoms with Gasteiger partial charge in [-0.15, -0.1) is 11.3 Å². The average Bonchev–Trinajstić information content (AvgIpc) is 3.07. The standard InChI is InChI=1S/C19H28N4O2S/c1-4-24-8-9-25-14-17-7-5-6-16(10-17)12-22-19(20-3)23-13-18-21-11-15(2)26-18/h5-7,10-11H,4,8-9,12-14H2,1-3H3,(H2,20,22,23). The lowest BCUT2D eigenvalue weighted by atomic mass is 10.1. The molecule has 26 heavy (non-hydrogen) atoms. The van der Waals surface area contributed by atoms with Gasteiger partial charge < -0.3 is 20.1 Å². The molecule has 7 heteroatoms. The minimum atomic E-state index is 0.595. The predicted molar refractivity (Wildman–Crippen MR) is 106 cm³/mol. The number of hydrogen-bond acceptors (Lipinski definition) is 5. The number of ether oxygens (including phenoxy) is 2. The van der Waals surface area contributed by atoms with Crippen LogP contribution in [0.5, 0.6) is 0 Å². The smallest absolute Gasteiger partial charge is 0.191 e. The third kappa shape index (κ3) is 7.51. The van der Waals surface area contributed by atoms with Crippen LogP contribution in [0.3, 0.4) is 0 Å². The summed E-state index contributed by atoms with van der Waals surface area (Å²) in [7, 11) is 1.77. The quantitative estimate of drug-likeness (QED) is 0.379. The Morgan fingerprint density at radius 3 is 2.65 bits per heavy atom. The molecule has 2 rings (SSSR count). The molecule has 0 aliphatic carbocycles. The van der Waals surface area contributed by atoms with Crippen LogP contribution in [0, 0.1) is 6.92 Å². The second-order valence-corrected chi connectivity index (χ2v) is 7.03. The number of guanidine groups is 1. The van der Waals surface area contributed by atoms with Crippen LogP contribution in [0.4, 0.5) is 0 Å². The molecule has 0 aliphatic rings. The molecule has 0 fully saturated rings. The molecular formula is C19H28N4O2S. The van der Waals surface area contributed by atoms with Gasteiger partial charge in [-0.25, -0.2) is 4.98 Å². The normalized spacial score (nSPS) is 11.6. The maximum Gasteiger partial charge on any atom is 0.191 e. The Morgan fingerprint density at radius 1 is 1.15 bits per heavy atom. The fraction of sp³-hybridized carbons (Fsp3) is 0.474. The third-order valence-corrected chi connectivity index (χ3v) is 4.51. The zero-order valence-corrected chi connectivity index (χ0v) is 16.6. The van der Waals surface area contributed by atoms with Crippen molar-refractivity contribution in [2.75, 3.05) is 26.9 Å². The van der Waals surface area contributed by atoms with Crippen molar-refractivity contribution in [1.82, 2.24) is 15.6 Å². The summed E-state index contributed by atoms with van der Waals surface area (Å²) in [5, 5.41) is 7.67. The summed E-state index contributed by atoms with van der Waals surface area (Å²) in [6, 6.07) is 8.36. The molecule has 2 N–H and O–H groups in total. The highest BCUT2D eigenvalue weighted by Crippen LogP contribution is 2.10. The van der Waals surface area contributed by atoms with Gasteiger partial charge in [-0.3, -0.25) is 4.99 Å². The average molecular weight is 377 g/mol. The van der Waals surface area contributed by atoms with E-state index in [1.54, 1.807) is 18.4 Å². The van der Waals surface area contributed by atoms with Crippen LogP contribution in [0.25, 0.3) is 0 Å². The lowest BCUT2D eigenvalue weighted by Crippen LogP contribution is -2.36. The number of benzene rings is 1. The maximum absolute atomic E-state index is 5.63. The molecule has 6 nitrogen and oxygen atoms in total. The van der Waals surface area contributed by atoms with E-state index in [4.69, 9.17) is 9.47 Å². The minimum absolute atomic E-state index is 0.595. The van der Waals surface area contributed by atoms with Gasteiger partial charge in [-0.1, -0.05) is 24.3 Å². The molecule has 0 spiro atoms. The van der Waals surface area contributed by atoms with E-state index in [1.807, 2.05) is 19.2 Å². The van der Waals surface area contributed by atoms with Crippen molar-refractivity contribution in [3.8, 4) is 0 Å². The molecular weight excluding hydrogens is 348 g/mol. The van der Waals surface area contributed by atoms with Crippen molar-refractivity contribution in [1.29, 1.82) is 0 Å². The van der Waals surface area contributed by atoms with Gasteiger partial charge >= 0.3 is 0 Å². The SMILES string of the molecule is CCOCCOCc1cccc(CNC(=NC)NCc2ncc(C)s2)c1. The Morgan fingerprint density at radius 2 is 1.92 bits per heavy atom. The van der Waals surface area contributed by atoms with E-state index in [2.05, 4.69) is 45.7 Å². The first-order valence-electron chi connectivity index (χ1n) is 8.80. The van der Waals surface area contributed by atoms with E-state index in [-0.39, 0.29) is 0 Å². The van der Waals surface area contributed by atoms with Crippen molar-refractivity contribution in [3.63, 3.8) is 0 Å². The van der Waals surface area contributed by atoms with Crippen molar-refractivity contribution in [2.24, 2.45) is 4.99 Å². The summed E-state index contributed by atoms with van der Waals surface area (Å²) in [6.45, 7) is 7.98. The van der Waals surface area contributed by atoms with Crippen molar-refractivity contribution in [3.05, 3.63) is 51.5 Å². The molecule has 142 valence electrons. The van der Waals surface area contributed by atoms with Crippen LogP contribution in [0.15, 0.2) is 35.5 Å². The molecule has 0 bridgehead atoms. The molecule has 0 saturated carbocycles. The Labute approximate surface area is 159 Å². The van der Waals surface area contributed by atoms with E-state index in [0.29, 0.717) is 32.9 Å². The number of hydrogen-bond donors (Lipinski definition) is 2. The highest BCUT2D eigenvalue weighted by molar-refractivity contribution is 7.11. The van der Waals surface area contributed by atoms with Gasteiger partial charge in [-0.05, 0) is 25.0 Å². The van der Waals surface area contributed by atoms with E-state index in [9.17, 15) is 0 Å². The summed E-state index contributed by atoms with van der Waals surface area (Å²) >= 11 is 1.69. The summed E-state index contributed by atoms with van der Waals surface area (Å²) in [6.07, 6.45) is 1.89. The topological polar surface area (TPSA) is 67.8 Å². The van der Waals surface area contributed by atoms with Gasteiger partial charge in [0.05, 0.1) is 26.4 Å². The Kier molecular flexibility index (Phi) is 9.09. The fourth-order valence-electron chi connectivity index (χ4n) is 2.33. The Bertz CT molecular complexity index is 688. The van der Waals surface area contributed by atoms with Crippen LogP contribution in [-0.2, 0) is 29.2 Å². The maximum atomic E-state index is 5.63. The minimum Gasteiger partial charge on any atom is -0.379 e. The number of nitrogens with zero attached hydrogens (tertiary/aromatic N) is 2. The van der Waals surface area contributed by atoms with Crippen LogP contribution >= 0.6 is 11.3 Å². The lowest BCUT2D eigenvalue weighted by molar-refractivity contribution is 0.0453. The monoisotopic (exact) mass is 376 g/mol. The summed E-state index contributed by atoms with van der Waals surface area (Å²) in [5.41, 5.74) is 2.34. The Hall–Kier alpha value is -1.96. The second kappa shape index (κ2) is 11.6. The molecule has 0 amide bonds. The molecule has 0 radical (unpaired) electrons. The number of aryl methyl sites for hydroxylation is 1. The van der Waals surface area contributed by atoms with Gasteiger partial charge in [-0.2, -0.15) is 0 Å². The van der Waals surface area contributed by atoms with E-state index in [1.165, 1.54) is 10.4 Å². The third-order valence-electron chi connectivity index (χ3n) is 3.60. The lowest BCUT2D eigenvalue weighted by Gasteiger charge is -2.12. The fourth-order valence-corrected chi connectivity index (χ4v) is 3.06. The first-order valence-corrected chi connectivity index (χ1v) is 9.62. The Balaban J connectivity index is 1.75. The molecule has 0 aliphatic heterocycles. The van der Waals surface area contributed by atoms with Crippen molar-refractivity contribution >= 4 is 17.3 Å². The number of aliphatic imine (C=N–C) groups is 1. The second-order valence-electron chi connectivity index (χ2n) is 5.71. The van der Waals surface area contributed by atoms with Crippen LogP contribution < -0.4 is 10.6 Å². The van der Waals surface area contributed by atoms with Crippen LogP contribution in [0.1, 0.15) is 27.9 Å². The first kappa shape index (κ1) is 20.4. The number of aromatic nitrogens is 1. The summed E-state index contributed by atoms with van der Waals surface area (Å²) in [5.74, 6) is 0.760. The number of rotatable bonds is 10. The molecule has 1 heterocycles. The molecule has 1 aromatic carbocycles. The van der Waals surface area contributed by atoms with Gasteiger partial charge in [0.25, 0.3) is 0 Å². The number of thiazole rings is 1. The van der Waals surface area contributed by atoms with Gasteiger partial charge in [0, 0.05) is 31.3 Å². The largest absolute Gasteiger partial charge is 0.379 e. The summed E-state index contributed by atoms with van der Waals surface area (Å²) in [4.78, 5) is 9.82. The van der Waals surface area contributed by atoms with Gasteiger partial charge in [0.2, 0.25) is 0 Å². The zero-order chi connectivity index (χ0) is 18.6. The van der Waals surface area contributed by atoms with E-state index >= 15 is 0 Å². The van der Waals surface area contributed by atoms with Gasteiger partial charge in [0.1, 0.15) is 5.01 Å². The number of nitrogens with one attached hydrogen (secondary N) is 2. The van der Waals surface area contributed by atoms with Crippen molar-refractivity contribution < 1.29 is 9.47 Å². The first-order chi connectivity index (χ1) is 12.7. The molecule has 0 saturated heterocycles. The van der Waals surface area contributed by atoms with E-state index in [0.717, 1.165) is 23.1 Å².